The molecule has 0 aromatic heterocycles. The fourth-order valence-corrected chi connectivity index (χ4v) is 5.62. The molecule has 2 aromatic carbocycles. The Morgan fingerprint density at radius 2 is 2.00 bits per heavy atom. The predicted octanol–water partition coefficient (Wildman–Crippen LogP) is 5.41. The van der Waals surface area contributed by atoms with Crippen molar-refractivity contribution in [3.63, 3.8) is 0 Å². The molecule has 0 radical (unpaired) electrons. The summed E-state index contributed by atoms with van der Waals surface area (Å²) in [7, 11) is 0. The number of hydrogen-bond donors (Lipinski definition) is 1. The van der Waals surface area contributed by atoms with Gasteiger partial charge in [0.05, 0.1) is 22.7 Å². The van der Waals surface area contributed by atoms with E-state index in [4.69, 9.17) is 14.9 Å². The molecule has 2 heterocycles. The summed E-state index contributed by atoms with van der Waals surface area (Å²) in [4.78, 5) is 40.1. The summed E-state index contributed by atoms with van der Waals surface area (Å²) in [5.74, 6) is -0.689. The molecular formula is C27H25N5O6S. The zero-order chi connectivity index (χ0) is 27.5. The smallest absolute Gasteiger partial charge is 0.343 e. The van der Waals surface area contributed by atoms with E-state index in [1.807, 2.05) is 0 Å². The third-order valence-corrected chi connectivity index (χ3v) is 7.57. The van der Waals surface area contributed by atoms with E-state index in [2.05, 4.69) is 10.1 Å². The first kappa shape index (κ1) is 26.3. The standard InChI is InChI=1S/C27H25N5O6S/c1-2-37-22-14-16(11-12-21(22)38-26(34)18-9-6-10-19(15-18)32(35)36)13-20-23(28)31-27(29-24(20)33)39-25(30-31)17-7-4-3-5-8-17/h6,9-15,17,28H,2-5,7-8H2,1H3/b20-13-,28-23?. The molecule has 12 heteroatoms. The van der Waals surface area contributed by atoms with Gasteiger partial charge in [-0.3, -0.25) is 20.3 Å². The van der Waals surface area contributed by atoms with Crippen LogP contribution in [0.15, 0.2) is 58.1 Å². The Hall–Kier alpha value is -4.32. The number of nitro groups is 1. The molecule has 11 nitrogen and oxygen atoms in total. The number of nitrogens with zero attached hydrogens (tertiary/aromatic N) is 4. The van der Waals surface area contributed by atoms with Crippen LogP contribution in [0.1, 0.15) is 54.9 Å². The second kappa shape index (κ2) is 11.2. The summed E-state index contributed by atoms with van der Waals surface area (Å²) in [6, 6.07) is 9.94. The van der Waals surface area contributed by atoms with Gasteiger partial charge in [0.25, 0.3) is 11.6 Å². The third-order valence-electron chi connectivity index (χ3n) is 6.50. The molecule has 0 atom stereocenters. The number of rotatable bonds is 7. The normalized spacial score (nSPS) is 18.5. The molecule has 200 valence electrons. The lowest BCUT2D eigenvalue weighted by Gasteiger charge is -2.20. The summed E-state index contributed by atoms with van der Waals surface area (Å²) >= 11 is 1.37. The highest BCUT2D eigenvalue weighted by molar-refractivity contribution is 8.27. The minimum atomic E-state index is -0.782. The Morgan fingerprint density at radius 1 is 1.21 bits per heavy atom. The van der Waals surface area contributed by atoms with Gasteiger partial charge in [0.1, 0.15) is 5.04 Å². The van der Waals surface area contributed by atoms with E-state index >= 15 is 0 Å². The lowest BCUT2D eigenvalue weighted by atomic mass is 9.90. The van der Waals surface area contributed by atoms with Crippen LogP contribution in [-0.2, 0) is 4.79 Å². The van der Waals surface area contributed by atoms with Crippen molar-refractivity contribution in [2.45, 2.75) is 39.0 Å². The van der Waals surface area contributed by atoms with E-state index in [1.165, 1.54) is 53.5 Å². The number of fused-ring (bicyclic) bond motifs is 1. The molecule has 2 aromatic rings. The van der Waals surface area contributed by atoms with Gasteiger partial charge >= 0.3 is 5.97 Å². The number of amides is 1. The monoisotopic (exact) mass is 547 g/mol. The van der Waals surface area contributed by atoms with E-state index in [0.29, 0.717) is 16.6 Å². The van der Waals surface area contributed by atoms with Crippen LogP contribution in [0.3, 0.4) is 0 Å². The topological polar surface area (TPSA) is 148 Å². The summed E-state index contributed by atoms with van der Waals surface area (Å²) in [6.07, 6.45) is 7.15. The van der Waals surface area contributed by atoms with Crippen LogP contribution in [0, 0.1) is 21.4 Å². The van der Waals surface area contributed by atoms with Gasteiger partial charge in [0.15, 0.2) is 17.3 Å². The molecular weight excluding hydrogens is 522 g/mol. The number of nitrogens with one attached hydrogen (secondary N) is 1. The van der Waals surface area contributed by atoms with Gasteiger partial charge in [-0.05, 0) is 61.4 Å². The van der Waals surface area contributed by atoms with Crippen molar-refractivity contribution in [2.75, 3.05) is 6.61 Å². The van der Waals surface area contributed by atoms with E-state index in [0.717, 1.165) is 36.8 Å². The highest BCUT2D eigenvalue weighted by Gasteiger charge is 2.38. The molecule has 1 N–H and O–H groups in total. The maximum absolute atomic E-state index is 12.9. The van der Waals surface area contributed by atoms with E-state index < -0.39 is 16.8 Å². The molecule has 0 spiro atoms. The lowest BCUT2D eigenvalue weighted by molar-refractivity contribution is -0.384. The zero-order valence-corrected chi connectivity index (χ0v) is 21.9. The zero-order valence-electron chi connectivity index (χ0n) is 21.1. The van der Waals surface area contributed by atoms with Gasteiger partial charge in [0.2, 0.25) is 5.17 Å². The highest BCUT2D eigenvalue weighted by atomic mass is 32.2. The largest absolute Gasteiger partial charge is 0.490 e. The second-order valence-electron chi connectivity index (χ2n) is 9.13. The van der Waals surface area contributed by atoms with Crippen LogP contribution in [0.4, 0.5) is 5.69 Å². The maximum Gasteiger partial charge on any atom is 0.343 e. The molecule has 1 aliphatic carbocycles. The minimum Gasteiger partial charge on any atom is -0.490 e. The molecule has 1 amide bonds. The number of hydrogen-bond acceptors (Lipinski definition) is 9. The molecule has 1 fully saturated rings. The number of carbonyl (C=O) groups excluding carboxylic acids is 2. The van der Waals surface area contributed by atoms with E-state index in [9.17, 15) is 19.7 Å². The van der Waals surface area contributed by atoms with Crippen molar-refractivity contribution < 1.29 is 24.0 Å². The minimum absolute atomic E-state index is 0.0180. The molecule has 0 bridgehead atoms. The van der Waals surface area contributed by atoms with Crippen LogP contribution in [0.2, 0.25) is 0 Å². The third kappa shape index (κ3) is 5.60. The lowest BCUT2D eigenvalue weighted by Crippen LogP contribution is -2.35. The second-order valence-corrected chi connectivity index (χ2v) is 10.1. The van der Waals surface area contributed by atoms with Crippen molar-refractivity contribution in [1.29, 1.82) is 5.41 Å². The number of ether oxygens (including phenoxy) is 2. The van der Waals surface area contributed by atoms with Crippen molar-refractivity contribution in [3.05, 3.63) is 69.3 Å². The van der Waals surface area contributed by atoms with Crippen LogP contribution in [-0.4, -0.2) is 44.5 Å². The van der Waals surface area contributed by atoms with Crippen LogP contribution < -0.4 is 9.47 Å². The van der Waals surface area contributed by atoms with Crippen LogP contribution >= 0.6 is 11.8 Å². The predicted molar refractivity (Wildman–Crippen MR) is 147 cm³/mol. The Balaban J connectivity index is 1.38. The SMILES string of the molecule is CCOc1cc(/C=C2/C(=N)N3N=C(C4CCCCC4)SC3=NC2=O)ccc1OC(=O)c1cccc([N+](=O)[O-])c1. The maximum atomic E-state index is 12.9. The summed E-state index contributed by atoms with van der Waals surface area (Å²) < 4.78 is 11.1. The number of thioether (sulfide) groups is 1. The first-order valence-corrected chi connectivity index (χ1v) is 13.4. The summed E-state index contributed by atoms with van der Waals surface area (Å²) in [5, 5.41) is 27.0. The Kier molecular flexibility index (Phi) is 7.55. The molecule has 0 unspecified atom stereocenters. The van der Waals surface area contributed by atoms with Crippen molar-refractivity contribution in [3.8, 4) is 11.5 Å². The number of amidine groups is 2. The van der Waals surface area contributed by atoms with Crippen molar-refractivity contribution in [2.24, 2.45) is 16.0 Å². The number of nitro benzene ring substituents is 1. The number of esters is 1. The highest BCUT2D eigenvalue weighted by Crippen LogP contribution is 2.37. The molecule has 0 saturated heterocycles. The van der Waals surface area contributed by atoms with Gasteiger partial charge in [-0.25, -0.2) is 4.79 Å². The number of hydrazone groups is 1. The first-order chi connectivity index (χ1) is 18.8. The summed E-state index contributed by atoms with van der Waals surface area (Å²) in [6.45, 7) is 2.04. The van der Waals surface area contributed by atoms with Gasteiger partial charge in [-0.2, -0.15) is 15.1 Å². The Labute approximate surface area is 228 Å². The molecule has 1 saturated carbocycles. The number of benzene rings is 2. The van der Waals surface area contributed by atoms with E-state index in [1.54, 1.807) is 19.1 Å². The Morgan fingerprint density at radius 3 is 2.74 bits per heavy atom. The quantitative estimate of drug-likeness (QED) is 0.159. The fraction of sp³-hybridized carbons (Fsp3) is 0.296. The van der Waals surface area contributed by atoms with Crippen molar-refractivity contribution in [1.82, 2.24) is 5.01 Å². The van der Waals surface area contributed by atoms with Gasteiger partial charge in [-0.1, -0.05) is 31.4 Å². The van der Waals surface area contributed by atoms with Crippen LogP contribution in [0.5, 0.6) is 11.5 Å². The van der Waals surface area contributed by atoms with Gasteiger partial charge in [0, 0.05) is 18.1 Å². The number of aliphatic imine (C=N–C) groups is 1. The number of non-ortho nitro benzene ring substituents is 1. The average Bonchev–Trinajstić information content (AvgIpc) is 3.37. The van der Waals surface area contributed by atoms with E-state index in [-0.39, 0.29) is 40.8 Å². The molecule has 3 aliphatic rings. The first-order valence-electron chi connectivity index (χ1n) is 12.6. The van der Waals surface area contributed by atoms with Crippen molar-refractivity contribution >= 4 is 51.4 Å². The van der Waals surface area contributed by atoms with Crippen LogP contribution in [0.25, 0.3) is 6.08 Å². The molecule has 5 rings (SSSR count). The summed E-state index contributed by atoms with van der Waals surface area (Å²) in [5.41, 5.74) is 0.401. The molecule has 39 heavy (non-hydrogen) atoms. The molecule has 2 aliphatic heterocycles. The number of carbonyl (C=O) groups is 2. The van der Waals surface area contributed by atoms with Gasteiger partial charge < -0.3 is 9.47 Å². The fourth-order valence-electron chi connectivity index (χ4n) is 4.56. The van der Waals surface area contributed by atoms with Gasteiger partial charge in [-0.15, -0.1) is 0 Å². The Bertz CT molecular complexity index is 1460. The average molecular weight is 548 g/mol.